The molecular weight excluding hydrogens is 408 g/mol. The van der Waals surface area contributed by atoms with Gasteiger partial charge < -0.3 is 0 Å². The van der Waals surface area contributed by atoms with E-state index in [1.807, 2.05) is 0 Å². The van der Waals surface area contributed by atoms with Gasteiger partial charge in [-0.2, -0.15) is 4.31 Å². The van der Waals surface area contributed by atoms with Crippen LogP contribution in [-0.2, 0) is 20.0 Å². The maximum atomic E-state index is 13.2. The minimum absolute atomic E-state index is 0.00180. The lowest BCUT2D eigenvalue weighted by Gasteiger charge is -2.27. The van der Waals surface area contributed by atoms with Gasteiger partial charge in [0.2, 0.25) is 10.0 Å². The summed E-state index contributed by atoms with van der Waals surface area (Å²) in [6, 6.07) is 24.8. The van der Waals surface area contributed by atoms with Crippen LogP contribution in [0.1, 0.15) is 0 Å². The molecule has 0 atom stereocenters. The van der Waals surface area contributed by atoms with Gasteiger partial charge in [-0.25, -0.2) is 16.8 Å². The van der Waals surface area contributed by atoms with E-state index in [0.29, 0.717) is 5.69 Å². The summed E-state index contributed by atoms with van der Waals surface area (Å²) >= 11 is 0. The highest BCUT2D eigenvalue weighted by Gasteiger charge is 2.27. The fourth-order valence-electron chi connectivity index (χ4n) is 2.83. The van der Waals surface area contributed by atoms with E-state index >= 15 is 0 Å². The van der Waals surface area contributed by atoms with Crippen molar-refractivity contribution in [3.05, 3.63) is 91.0 Å². The van der Waals surface area contributed by atoms with Gasteiger partial charge in [-0.1, -0.05) is 54.6 Å². The molecule has 0 aromatic heterocycles. The molecule has 0 saturated carbocycles. The van der Waals surface area contributed by atoms with Crippen molar-refractivity contribution in [2.24, 2.45) is 0 Å². The first-order chi connectivity index (χ1) is 13.8. The van der Waals surface area contributed by atoms with Crippen LogP contribution in [0.2, 0.25) is 0 Å². The molecule has 6 nitrogen and oxygen atoms in total. The van der Waals surface area contributed by atoms with Gasteiger partial charge in [0.15, 0.2) is 0 Å². The van der Waals surface area contributed by atoms with Gasteiger partial charge >= 0.3 is 0 Å². The molecule has 0 bridgehead atoms. The molecule has 3 aromatic rings. The topological polar surface area (TPSA) is 74.8 Å². The van der Waals surface area contributed by atoms with Gasteiger partial charge in [0.1, 0.15) is 0 Å². The SMILES string of the molecule is CN(CCN(c1ccccc1)S(=O)(=O)c1ccccc1)S(=O)(=O)c1ccccc1. The van der Waals surface area contributed by atoms with Crippen LogP contribution in [-0.4, -0.2) is 41.3 Å². The first-order valence-corrected chi connectivity index (χ1v) is 11.9. The number of rotatable bonds is 8. The molecule has 0 radical (unpaired) electrons. The zero-order valence-corrected chi connectivity index (χ0v) is 17.6. The smallest absolute Gasteiger partial charge is 0.264 e. The molecule has 8 heteroatoms. The number of hydrogen-bond donors (Lipinski definition) is 0. The van der Waals surface area contributed by atoms with Crippen molar-refractivity contribution in [2.75, 3.05) is 24.4 Å². The second-order valence-corrected chi connectivity index (χ2v) is 10.3. The summed E-state index contributed by atoms with van der Waals surface area (Å²) in [6.07, 6.45) is 0. The highest BCUT2D eigenvalue weighted by Crippen LogP contribution is 2.23. The second-order valence-electron chi connectivity index (χ2n) is 6.37. The van der Waals surface area contributed by atoms with Crippen LogP contribution < -0.4 is 4.31 Å². The summed E-state index contributed by atoms with van der Waals surface area (Å²) in [7, 11) is -6.12. The van der Waals surface area contributed by atoms with Gasteiger partial charge in [0.25, 0.3) is 10.0 Å². The monoisotopic (exact) mass is 430 g/mol. The Kier molecular flexibility index (Phi) is 6.36. The normalized spacial score (nSPS) is 12.1. The Hall–Kier alpha value is -2.68. The summed E-state index contributed by atoms with van der Waals surface area (Å²) in [5, 5.41) is 0. The van der Waals surface area contributed by atoms with Crippen LogP contribution >= 0.6 is 0 Å². The summed E-state index contributed by atoms with van der Waals surface area (Å²) in [5.74, 6) is 0. The molecule has 0 heterocycles. The van der Waals surface area contributed by atoms with Crippen molar-refractivity contribution >= 4 is 25.7 Å². The van der Waals surface area contributed by atoms with Gasteiger partial charge in [-0.3, -0.25) is 4.31 Å². The zero-order chi connectivity index (χ0) is 20.9. The van der Waals surface area contributed by atoms with Gasteiger partial charge in [0, 0.05) is 20.1 Å². The van der Waals surface area contributed by atoms with E-state index in [1.165, 1.54) is 39.9 Å². The van der Waals surface area contributed by atoms with Crippen molar-refractivity contribution in [3.63, 3.8) is 0 Å². The van der Waals surface area contributed by atoms with Crippen molar-refractivity contribution in [3.8, 4) is 0 Å². The molecule has 0 aliphatic heterocycles. The molecule has 0 aliphatic carbocycles. The number of nitrogens with zero attached hydrogens (tertiary/aromatic N) is 2. The Morgan fingerprint density at radius 3 is 1.48 bits per heavy atom. The van der Waals surface area contributed by atoms with E-state index in [4.69, 9.17) is 0 Å². The molecule has 0 N–H and O–H groups in total. The van der Waals surface area contributed by atoms with Gasteiger partial charge in [0.05, 0.1) is 15.5 Å². The van der Waals surface area contributed by atoms with Crippen molar-refractivity contribution < 1.29 is 16.8 Å². The van der Waals surface area contributed by atoms with Crippen LogP contribution in [0.25, 0.3) is 0 Å². The van der Waals surface area contributed by atoms with E-state index in [0.717, 1.165) is 0 Å². The fourth-order valence-corrected chi connectivity index (χ4v) is 5.49. The highest BCUT2D eigenvalue weighted by molar-refractivity contribution is 7.92. The van der Waals surface area contributed by atoms with Crippen molar-refractivity contribution in [1.82, 2.24) is 4.31 Å². The second kappa shape index (κ2) is 8.77. The zero-order valence-electron chi connectivity index (χ0n) is 15.9. The first-order valence-electron chi connectivity index (χ1n) is 8.98. The standard InChI is InChI=1S/C21H22N2O4S2/c1-22(28(24,25)20-13-7-3-8-14-20)17-18-23(19-11-5-2-6-12-19)29(26,27)21-15-9-4-10-16-21/h2-16H,17-18H2,1H3. The number of hydrogen-bond acceptors (Lipinski definition) is 4. The maximum absolute atomic E-state index is 13.2. The Bertz CT molecular complexity index is 1140. The maximum Gasteiger partial charge on any atom is 0.264 e. The average Bonchev–Trinajstić information content (AvgIpc) is 2.75. The summed E-state index contributed by atoms with van der Waals surface area (Å²) in [6.45, 7) is -0.0258. The number of anilines is 1. The molecular formula is C21H22N2O4S2. The third-order valence-corrected chi connectivity index (χ3v) is 8.16. The first kappa shape index (κ1) is 21.0. The van der Waals surface area contributed by atoms with Gasteiger partial charge in [-0.15, -0.1) is 0 Å². The van der Waals surface area contributed by atoms with E-state index in [1.54, 1.807) is 66.7 Å². The Balaban J connectivity index is 1.89. The largest absolute Gasteiger partial charge is 0.265 e. The summed E-state index contributed by atoms with van der Waals surface area (Å²) in [4.78, 5) is 0.317. The third-order valence-electron chi connectivity index (χ3n) is 4.44. The molecule has 0 unspecified atom stereocenters. The van der Waals surface area contributed by atoms with Crippen LogP contribution in [0.5, 0.6) is 0 Å². The van der Waals surface area contributed by atoms with Crippen LogP contribution in [0.3, 0.4) is 0 Å². The van der Waals surface area contributed by atoms with Crippen molar-refractivity contribution in [1.29, 1.82) is 0 Å². The Morgan fingerprint density at radius 1 is 0.586 bits per heavy atom. The van der Waals surface area contributed by atoms with E-state index in [2.05, 4.69) is 0 Å². The van der Waals surface area contributed by atoms with Gasteiger partial charge in [-0.05, 0) is 36.4 Å². The molecule has 152 valence electrons. The molecule has 29 heavy (non-hydrogen) atoms. The van der Waals surface area contributed by atoms with E-state index < -0.39 is 20.0 Å². The average molecular weight is 431 g/mol. The Labute approximate surface area is 172 Å². The minimum atomic E-state index is -3.85. The highest BCUT2D eigenvalue weighted by atomic mass is 32.2. The number of sulfonamides is 2. The van der Waals surface area contributed by atoms with Crippen LogP contribution in [0.4, 0.5) is 5.69 Å². The number of benzene rings is 3. The predicted molar refractivity (Wildman–Crippen MR) is 114 cm³/mol. The molecule has 0 fully saturated rings. The number of likely N-dealkylation sites (N-methyl/N-ethyl adjacent to an activating group) is 1. The van der Waals surface area contributed by atoms with Crippen LogP contribution in [0.15, 0.2) is 101 Å². The molecule has 3 aromatic carbocycles. The molecule has 0 saturated heterocycles. The Morgan fingerprint density at radius 2 is 1.00 bits per heavy atom. The molecule has 0 amide bonds. The third kappa shape index (κ3) is 4.67. The van der Waals surface area contributed by atoms with Crippen molar-refractivity contribution in [2.45, 2.75) is 9.79 Å². The minimum Gasteiger partial charge on any atom is -0.265 e. The van der Waals surface area contributed by atoms with Crippen LogP contribution in [0, 0.1) is 0 Å². The van der Waals surface area contributed by atoms with E-state index in [-0.39, 0.29) is 22.9 Å². The lowest BCUT2D eigenvalue weighted by atomic mass is 10.3. The van der Waals surface area contributed by atoms with E-state index in [9.17, 15) is 16.8 Å². The summed E-state index contributed by atoms with van der Waals surface area (Å²) in [5.41, 5.74) is 0.474. The molecule has 0 aliphatic rings. The molecule has 3 rings (SSSR count). The number of para-hydroxylation sites is 1. The lowest BCUT2D eigenvalue weighted by Crippen LogP contribution is -2.39. The lowest BCUT2D eigenvalue weighted by molar-refractivity contribution is 0.475. The summed E-state index contributed by atoms with van der Waals surface area (Å²) < 4.78 is 54.4. The predicted octanol–water partition coefficient (Wildman–Crippen LogP) is 3.20. The molecule has 0 spiro atoms. The quantitative estimate of drug-likeness (QED) is 0.550. The fraction of sp³-hybridized carbons (Fsp3) is 0.143.